The monoisotopic (exact) mass is 145 g/mol. The molecule has 1 unspecified atom stereocenters. The van der Waals surface area contributed by atoms with Gasteiger partial charge in [-0.3, -0.25) is 0 Å². The van der Waals surface area contributed by atoms with Crippen LogP contribution in [0.3, 0.4) is 0 Å². The van der Waals surface area contributed by atoms with Crippen LogP contribution in [0.15, 0.2) is 0 Å². The molecule has 0 fully saturated rings. The summed E-state index contributed by atoms with van der Waals surface area (Å²) in [6, 6.07) is 0. The molecule has 1 atom stereocenters. The Labute approximate surface area is 63.5 Å². The summed E-state index contributed by atoms with van der Waals surface area (Å²) in [4.78, 5) is 0. The molecule has 0 saturated carbocycles. The van der Waals surface area contributed by atoms with Crippen molar-refractivity contribution in [2.75, 3.05) is 27.4 Å². The second kappa shape index (κ2) is 7.03. The summed E-state index contributed by atoms with van der Waals surface area (Å²) in [5.41, 5.74) is 0. The van der Waals surface area contributed by atoms with Gasteiger partial charge in [-0.15, -0.1) is 0 Å². The fourth-order valence-corrected chi connectivity index (χ4v) is 0.835. The Balaban J connectivity index is 2.97. The molecule has 10 heavy (non-hydrogen) atoms. The predicted octanol–water partition coefficient (Wildman–Crippen LogP) is 1.51. The van der Waals surface area contributed by atoms with E-state index in [-0.39, 0.29) is 0 Å². The molecule has 0 N–H and O–H groups in total. The lowest BCUT2D eigenvalue weighted by atomic mass is 10.1. The average molecular weight is 145 g/mol. The van der Waals surface area contributed by atoms with Crippen molar-refractivity contribution in [3.8, 4) is 0 Å². The Bertz CT molecular complexity index is 64.3. The maximum Gasteiger partial charge on any atom is 0.0490 e. The lowest BCUT2D eigenvalue weighted by Gasteiger charge is -2.08. The fourth-order valence-electron chi connectivity index (χ4n) is 0.835. The van der Waals surface area contributed by atoms with E-state index in [0.717, 1.165) is 26.1 Å². The molecular formula is C8H17O2. The number of hydrogen-bond donors (Lipinski definition) is 0. The van der Waals surface area contributed by atoms with Gasteiger partial charge in [0.05, 0.1) is 0 Å². The van der Waals surface area contributed by atoms with Gasteiger partial charge < -0.3 is 9.47 Å². The molecular weight excluding hydrogens is 128 g/mol. The van der Waals surface area contributed by atoms with Gasteiger partial charge in [-0.2, -0.15) is 0 Å². The van der Waals surface area contributed by atoms with E-state index in [1.807, 2.05) is 0 Å². The summed E-state index contributed by atoms with van der Waals surface area (Å²) in [5.74, 6) is 0.417. The molecule has 0 aliphatic rings. The minimum absolute atomic E-state index is 0.417. The van der Waals surface area contributed by atoms with Gasteiger partial charge in [0.2, 0.25) is 0 Å². The van der Waals surface area contributed by atoms with Crippen LogP contribution < -0.4 is 0 Å². The van der Waals surface area contributed by atoms with E-state index in [2.05, 4.69) is 6.92 Å². The zero-order valence-corrected chi connectivity index (χ0v) is 6.93. The fraction of sp³-hybridized carbons (Fsp3) is 0.875. The van der Waals surface area contributed by atoms with Crippen LogP contribution >= 0.6 is 0 Å². The SMILES string of the molecule is [CH2]C(CCCOC)COC. The largest absolute Gasteiger partial charge is 0.385 e. The van der Waals surface area contributed by atoms with Gasteiger partial charge in [0, 0.05) is 27.4 Å². The topological polar surface area (TPSA) is 18.5 Å². The van der Waals surface area contributed by atoms with Gasteiger partial charge in [-0.1, -0.05) is 0 Å². The molecule has 0 rings (SSSR count). The summed E-state index contributed by atoms with van der Waals surface area (Å²) in [7, 11) is 3.42. The van der Waals surface area contributed by atoms with Crippen LogP contribution in [-0.2, 0) is 9.47 Å². The molecule has 61 valence electrons. The zero-order chi connectivity index (χ0) is 7.82. The zero-order valence-electron chi connectivity index (χ0n) is 6.93. The predicted molar refractivity (Wildman–Crippen MR) is 41.8 cm³/mol. The second-order valence-electron chi connectivity index (χ2n) is 2.46. The summed E-state index contributed by atoms with van der Waals surface area (Å²) in [6.07, 6.45) is 2.16. The molecule has 2 nitrogen and oxygen atoms in total. The van der Waals surface area contributed by atoms with E-state index < -0.39 is 0 Å². The van der Waals surface area contributed by atoms with Crippen molar-refractivity contribution < 1.29 is 9.47 Å². The Morgan fingerprint density at radius 3 is 2.50 bits per heavy atom. The number of ether oxygens (including phenoxy) is 2. The molecule has 1 radical (unpaired) electrons. The van der Waals surface area contributed by atoms with Crippen molar-refractivity contribution in [2.45, 2.75) is 12.8 Å². The third-order valence-corrected chi connectivity index (χ3v) is 1.36. The van der Waals surface area contributed by atoms with Crippen molar-refractivity contribution in [3.05, 3.63) is 6.92 Å². The Kier molecular flexibility index (Phi) is 6.98. The van der Waals surface area contributed by atoms with Crippen molar-refractivity contribution in [2.24, 2.45) is 5.92 Å². The Hall–Kier alpha value is -0.0800. The first-order valence-electron chi connectivity index (χ1n) is 3.62. The van der Waals surface area contributed by atoms with Crippen molar-refractivity contribution >= 4 is 0 Å². The Morgan fingerprint density at radius 2 is 2.00 bits per heavy atom. The lowest BCUT2D eigenvalue weighted by Crippen LogP contribution is -2.04. The Morgan fingerprint density at radius 1 is 1.30 bits per heavy atom. The van der Waals surface area contributed by atoms with Crippen LogP contribution in [0.5, 0.6) is 0 Å². The standard InChI is InChI=1S/C8H17O2/c1-8(7-10-3)5-4-6-9-2/h8H,1,4-7H2,2-3H3. The molecule has 0 aliphatic heterocycles. The van der Waals surface area contributed by atoms with Gasteiger partial charge in [-0.25, -0.2) is 0 Å². The smallest absolute Gasteiger partial charge is 0.0490 e. The van der Waals surface area contributed by atoms with E-state index in [1.165, 1.54) is 0 Å². The van der Waals surface area contributed by atoms with Gasteiger partial charge in [0.25, 0.3) is 0 Å². The van der Waals surface area contributed by atoms with Crippen molar-refractivity contribution in [1.82, 2.24) is 0 Å². The van der Waals surface area contributed by atoms with Crippen LogP contribution in [0.1, 0.15) is 12.8 Å². The first-order chi connectivity index (χ1) is 4.81. The molecule has 0 aromatic rings. The summed E-state index contributed by atoms with van der Waals surface area (Å²) in [5, 5.41) is 0. The molecule has 0 spiro atoms. The van der Waals surface area contributed by atoms with E-state index in [4.69, 9.17) is 9.47 Å². The highest BCUT2D eigenvalue weighted by Crippen LogP contribution is 2.04. The molecule has 2 heteroatoms. The number of hydrogen-bond acceptors (Lipinski definition) is 2. The molecule has 0 aliphatic carbocycles. The van der Waals surface area contributed by atoms with E-state index in [9.17, 15) is 0 Å². The normalized spacial score (nSPS) is 13.5. The van der Waals surface area contributed by atoms with Gasteiger partial charge in [0.1, 0.15) is 0 Å². The second-order valence-corrected chi connectivity index (χ2v) is 2.46. The van der Waals surface area contributed by atoms with Crippen LogP contribution in [0, 0.1) is 12.8 Å². The van der Waals surface area contributed by atoms with Crippen molar-refractivity contribution in [1.29, 1.82) is 0 Å². The van der Waals surface area contributed by atoms with Crippen LogP contribution in [0.4, 0.5) is 0 Å². The minimum Gasteiger partial charge on any atom is -0.385 e. The molecule has 0 aromatic carbocycles. The van der Waals surface area contributed by atoms with Crippen LogP contribution in [0.2, 0.25) is 0 Å². The minimum atomic E-state index is 0.417. The average Bonchev–Trinajstić information content (AvgIpc) is 1.89. The third-order valence-electron chi connectivity index (χ3n) is 1.36. The highest BCUT2D eigenvalue weighted by atomic mass is 16.5. The first-order valence-corrected chi connectivity index (χ1v) is 3.62. The highest BCUT2D eigenvalue weighted by molar-refractivity contribution is 4.59. The van der Waals surface area contributed by atoms with Gasteiger partial charge in [0.15, 0.2) is 0 Å². The summed E-state index contributed by atoms with van der Waals surface area (Å²) in [6.45, 7) is 5.50. The van der Waals surface area contributed by atoms with Crippen LogP contribution in [-0.4, -0.2) is 27.4 Å². The lowest BCUT2D eigenvalue weighted by molar-refractivity contribution is 0.150. The number of methoxy groups -OCH3 is 2. The third kappa shape index (κ3) is 6.05. The first kappa shape index (κ1) is 9.92. The number of rotatable bonds is 6. The molecule has 0 aromatic heterocycles. The highest BCUT2D eigenvalue weighted by Gasteiger charge is 1.99. The van der Waals surface area contributed by atoms with E-state index in [1.54, 1.807) is 14.2 Å². The van der Waals surface area contributed by atoms with E-state index >= 15 is 0 Å². The van der Waals surface area contributed by atoms with Crippen molar-refractivity contribution in [3.63, 3.8) is 0 Å². The summed E-state index contributed by atoms with van der Waals surface area (Å²) >= 11 is 0. The maximum absolute atomic E-state index is 4.93. The molecule has 0 bridgehead atoms. The molecule has 0 amide bonds. The maximum atomic E-state index is 4.93. The molecule has 0 heterocycles. The van der Waals surface area contributed by atoms with Crippen LogP contribution in [0.25, 0.3) is 0 Å². The van der Waals surface area contributed by atoms with Gasteiger partial charge in [-0.05, 0) is 25.7 Å². The quantitative estimate of drug-likeness (QED) is 0.527. The molecule has 0 saturated heterocycles. The summed E-state index contributed by atoms with van der Waals surface area (Å²) < 4.78 is 9.83. The van der Waals surface area contributed by atoms with E-state index in [0.29, 0.717) is 5.92 Å². The van der Waals surface area contributed by atoms with Gasteiger partial charge >= 0.3 is 0 Å².